The molecule has 0 saturated carbocycles. The predicted molar refractivity (Wildman–Crippen MR) is 83.1 cm³/mol. The Hall–Kier alpha value is -2.22. The minimum absolute atomic E-state index is 0.0190. The van der Waals surface area contributed by atoms with Crippen molar-refractivity contribution in [1.29, 1.82) is 0 Å². The molecule has 8 heteroatoms. The Labute approximate surface area is 134 Å². The summed E-state index contributed by atoms with van der Waals surface area (Å²) in [5.74, 6) is -0.202. The molecule has 1 aliphatic heterocycles. The van der Waals surface area contributed by atoms with E-state index in [9.17, 15) is 14.4 Å². The molecule has 0 N–H and O–H groups in total. The molecule has 2 amide bonds. The number of amides is 2. The van der Waals surface area contributed by atoms with E-state index in [4.69, 9.17) is 4.74 Å². The second kappa shape index (κ2) is 7.87. The molecule has 2 heterocycles. The lowest BCUT2D eigenvalue weighted by molar-refractivity contribution is -0.128. The standard InChI is InChI=1S/C15H22N4O4/c1-12(20)17-6-3-7-18(9-8-17)15(22)13-4-5-14(21)19(16-13)10-11-23-2/h4-5H,3,6-11H2,1-2H3. The van der Waals surface area contributed by atoms with Gasteiger partial charge in [0.2, 0.25) is 5.91 Å². The molecule has 0 aliphatic carbocycles. The Morgan fingerprint density at radius 3 is 2.57 bits per heavy atom. The molecule has 0 spiro atoms. The van der Waals surface area contributed by atoms with Gasteiger partial charge < -0.3 is 14.5 Å². The van der Waals surface area contributed by atoms with Crippen molar-refractivity contribution >= 4 is 11.8 Å². The molecule has 2 rings (SSSR count). The summed E-state index contributed by atoms with van der Waals surface area (Å²) in [5, 5.41) is 4.12. The number of carbonyl (C=O) groups excluding carboxylic acids is 2. The van der Waals surface area contributed by atoms with Crippen LogP contribution in [0.3, 0.4) is 0 Å². The lowest BCUT2D eigenvalue weighted by Crippen LogP contribution is -2.38. The summed E-state index contributed by atoms with van der Waals surface area (Å²) >= 11 is 0. The molecule has 126 valence electrons. The highest BCUT2D eigenvalue weighted by Gasteiger charge is 2.22. The lowest BCUT2D eigenvalue weighted by Gasteiger charge is -2.21. The molecule has 1 saturated heterocycles. The number of nitrogens with zero attached hydrogens (tertiary/aromatic N) is 4. The van der Waals surface area contributed by atoms with E-state index < -0.39 is 0 Å². The molecule has 1 aliphatic rings. The average Bonchev–Trinajstić information content (AvgIpc) is 2.79. The smallest absolute Gasteiger partial charge is 0.274 e. The van der Waals surface area contributed by atoms with Gasteiger partial charge in [-0.1, -0.05) is 0 Å². The van der Waals surface area contributed by atoms with Crippen LogP contribution in [0.4, 0.5) is 0 Å². The maximum Gasteiger partial charge on any atom is 0.274 e. The maximum atomic E-state index is 12.6. The molecule has 1 fully saturated rings. The number of methoxy groups -OCH3 is 1. The van der Waals surface area contributed by atoms with Crippen LogP contribution in [-0.2, 0) is 16.1 Å². The van der Waals surface area contributed by atoms with Gasteiger partial charge in [-0.25, -0.2) is 4.68 Å². The van der Waals surface area contributed by atoms with Gasteiger partial charge in [-0.2, -0.15) is 5.10 Å². The van der Waals surface area contributed by atoms with Crippen LogP contribution in [0.5, 0.6) is 0 Å². The average molecular weight is 322 g/mol. The van der Waals surface area contributed by atoms with Gasteiger partial charge in [0, 0.05) is 46.3 Å². The highest BCUT2D eigenvalue weighted by Crippen LogP contribution is 2.07. The van der Waals surface area contributed by atoms with Crippen LogP contribution in [0.25, 0.3) is 0 Å². The molecular formula is C15H22N4O4. The van der Waals surface area contributed by atoms with Crippen LogP contribution in [0.15, 0.2) is 16.9 Å². The minimum Gasteiger partial charge on any atom is -0.383 e. The van der Waals surface area contributed by atoms with E-state index in [1.54, 1.807) is 9.80 Å². The van der Waals surface area contributed by atoms with Crippen LogP contribution in [-0.4, -0.2) is 71.3 Å². The zero-order chi connectivity index (χ0) is 16.8. The Bertz CT molecular complexity index is 628. The SMILES string of the molecule is COCCn1nc(C(=O)N2CCCN(C(C)=O)CC2)ccc1=O. The first-order valence-corrected chi connectivity index (χ1v) is 7.65. The van der Waals surface area contributed by atoms with Crippen LogP contribution < -0.4 is 5.56 Å². The Balaban J connectivity index is 2.10. The van der Waals surface area contributed by atoms with Crippen molar-refractivity contribution in [2.45, 2.75) is 19.9 Å². The zero-order valence-corrected chi connectivity index (χ0v) is 13.5. The van der Waals surface area contributed by atoms with Gasteiger partial charge in [0.25, 0.3) is 11.5 Å². The lowest BCUT2D eigenvalue weighted by atomic mass is 10.3. The summed E-state index contributed by atoms with van der Waals surface area (Å²) in [4.78, 5) is 39.2. The van der Waals surface area contributed by atoms with Gasteiger partial charge in [0.1, 0.15) is 5.69 Å². The van der Waals surface area contributed by atoms with E-state index in [1.807, 2.05) is 0 Å². The molecule has 8 nitrogen and oxygen atoms in total. The van der Waals surface area contributed by atoms with Crippen LogP contribution >= 0.6 is 0 Å². The van der Waals surface area contributed by atoms with Crippen molar-refractivity contribution in [3.63, 3.8) is 0 Å². The number of ether oxygens (including phenoxy) is 1. The summed E-state index contributed by atoms with van der Waals surface area (Å²) in [7, 11) is 1.54. The van der Waals surface area contributed by atoms with Crippen LogP contribution in [0.2, 0.25) is 0 Å². The molecule has 23 heavy (non-hydrogen) atoms. The van der Waals surface area contributed by atoms with Gasteiger partial charge in [-0.05, 0) is 12.5 Å². The molecule has 0 atom stereocenters. The van der Waals surface area contributed by atoms with Crippen LogP contribution in [0.1, 0.15) is 23.8 Å². The topological polar surface area (TPSA) is 84.7 Å². The second-order valence-corrected chi connectivity index (χ2v) is 5.42. The molecule has 0 radical (unpaired) electrons. The summed E-state index contributed by atoms with van der Waals surface area (Å²) in [6, 6.07) is 2.79. The predicted octanol–water partition coefficient (Wildman–Crippen LogP) is -0.416. The van der Waals surface area contributed by atoms with Crippen LogP contribution in [0, 0.1) is 0 Å². The fraction of sp³-hybridized carbons (Fsp3) is 0.600. The molecule has 0 bridgehead atoms. The highest BCUT2D eigenvalue weighted by atomic mass is 16.5. The number of hydrogen-bond acceptors (Lipinski definition) is 5. The number of carbonyl (C=O) groups is 2. The fourth-order valence-corrected chi connectivity index (χ4v) is 2.50. The van der Waals surface area contributed by atoms with Gasteiger partial charge in [-0.15, -0.1) is 0 Å². The summed E-state index contributed by atoms with van der Waals surface area (Å²) in [6.45, 7) is 4.39. The van der Waals surface area contributed by atoms with Gasteiger partial charge in [0.15, 0.2) is 0 Å². The zero-order valence-electron chi connectivity index (χ0n) is 13.5. The van der Waals surface area contributed by atoms with E-state index in [-0.39, 0.29) is 23.1 Å². The van der Waals surface area contributed by atoms with Gasteiger partial charge in [0.05, 0.1) is 13.2 Å². The first-order valence-electron chi connectivity index (χ1n) is 7.65. The van der Waals surface area contributed by atoms with Crippen molar-refractivity contribution in [2.75, 3.05) is 39.9 Å². The molecule has 0 unspecified atom stereocenters. The van der Waals surface area contributed by atoms with Crippen molar-refractivity contribution in [3.8, 4) is 0 Å². The molecular weight excluding hydrogens is 300 g/mol. The molecule has 0 aromatic carbocycles. The van der Waals surface area contributed by atoms with E-state index in [1.165, 1.54) is 30.8 Å². The normalized spacial score (nSPS) is 15.4. The number of hydrogen-bond donors (Lipinski definition) is 0. The highest BCUT2D eigenvalue weighted by molar-refractivity contribution is 5.92. The summed E-state index contributed by atoms with van der Waals surface area (Å²) in [5.41, 5.74) is -0.0331. The Morgan fingerprint density at radius 1 is 1.17 bits per heavy atom. The monoisotopic (exact) mass is 322 g/mol. The van der Waals surface area contributed by atoms with E-state index in [0.717, 1.165) is 6.42 Å². The van der Waals surface area contributed by atoms with E-state index in [0.29, 0.717) is 39.3 Å². The number of aromatic nitrogens is 2. The largest absolute Gasteiger partial charge is 0.383 e. The van der Waals surface area contributed by atoms with Crippen molar-refractivity contribution in [1.82, 2.24) is 19.6 Å². The third-order valence-corrected chi connectivity index (χ3v) is 3.82. The molecule has 1 aromatic heterocycles. The van der Waals surface area contributed by atoms with Gasteiger partial charge in [-0.3, -0.25) is 14.4 Å². The summed E-state index contributed by atoms with van der Waals surface area (Å²) in [6.07, 6.45) is 0.731. The number of rotatable bonds is 4. The second-order valence-electron chi connectivity index (χ2n) is 5.42. The molecule has 1 aromatic rings. The van der Waals surface area contributed by atoms with Gasteiger partial charge >= 0.3 is 0 Å². The Kier molecular flexibility index (Phi) is 5.86. The first kappa shape index (κ1) is 17.1. The minimum atomic E-state index is -0.266. The maximum absolute atomic E-state index is 12.6. The fourth-order valence-electron chi connectivity index (χ4n) is 2.50. The van der Waals surface area contributed by atoms with Crippen molar-refractivity contribution in [3.05, 3.63) is 28.2 Å². The quantitative estimate of drug-likeness (QED) is 0.752. The van der Waals surface area contributed by atoms with Crippen molar-refractivity contribution in [2.24, 2.45) is 0 Å². The van der Waals surface area contributed by atoms with E-state index in [2.05, 4.69) is 5.10 Å². The van der Waals surface area contributed by atoms with Crippen molar-refractivity contribution < 1.29 is 14.3 Å². The summed E-state index contributed by atoms with van der Waals surface area (Å²) < 4.78 is 6.17. The Morgan fingerprint density at radius 2 is 1.87 bits per heavy atom. The third kappa shape index (κ3) is 4.38. The van der Waals surface area contributed by atoms with E-state index >= 15 is 0 Å². The third-order valence-electron chi connectivity index (χ3n) is 3.82. The first-order chi connectivity index (χ1) is 11.0.